The molecule has 0 saturated heterocycles. The third-order valence-electron chi connectivity index (χ3n) is 2.60. The maximum Gasteiger partial charge on any atom is 0.0632 e. The maximum atomic E-state index is 3.56. The van der Waals surface area contributed by atoms with Crippen LogP contribution in [-0.4, -0.2) is 0 Å². The average molecular weight is 434 g/mol. The highest BCUT2D eigenvalue weighted by atomic mass is 79.9. The Balaban J connectivity index is 2.13. The van der Waals surface area contributed by atoms with Gasteiger partial charge in [-0.1, -0.05) is 45.8 Å². The van der Waals surface area contributed by atoms with Crippen molar-refractivity contribution in [2.24, 2.45) is 0 Å². The predicted molar refractivity (Wildman–Crippen MR) is 88.0 cm³/mol. The summed E-state index contributed by atoms with van der Waals surface area (Å²) in [5.41, 5.74) is 3.62. The molecule has 2 rings (SSSR count). The Hall–Kier alpha value is -0.320. The van der Waals surface area contributed by atoms with Crippen LogP contribution in [0, 0.1) is 6.92 Å². The molecule has 2 aromatic rings. The van der Waals surface area contributed by atoms with Crippen LogP contribution in [-0.2, 0) is 6.54 Å². The topological polar surface area (TPSA) is 12.0 Å². The van der Waals surface area contributed by atoms with Gasteiger partial charge in [-0.15, -0.1) is 0 Å². The van der Waals surface area contributed by atoms with Crippen molar-refractivity contribution in [3.63, 3.8) is 0 Å². The first-order valence-corrected chi connectivity index (χ1v) is 7.88. The van der Waals surface area contributed by atoms with Crippen LogP contribution in [0.15, 0.2) is 49.8 Å². The Labute approximate surface area is 132 Å². The molecular weight excluding hydrogens is 422 g/mol. The van der Waals surface area contributed by atoms with Crippen LogP contribution in [0.2, 0.25) is 0 Å². The zero-order valence-electron chi connectivity index (χ0n) is 9.81. The molecule has 0 heterocycles. The molecule has 2 aromatic carbocycles. The van der Waals surface area contributed by atoms with Gasteiger partial charge in [-0.3, -0.25) is 0 Å². The van der Waals surface area contributed by atoms with Crippen molar-refractivity contribution in [1.82, 2.24) is 0 Å². The van der Waals surface area contributed by atoms with Crippen molar-refractivity contribution in [3.05, 3.63) is 60.9 Å². The molecule has 18 heavy (non-hydrogen) atoms. The second-order valence-electron chi connectivity index (χ2n) is 4.08. The van der Waals surface area contributed by atoms with Gasteiger partial charge in [-0.2, -0.15) is 0 Å². The fourth-order valence-corrected chi connectivity index (χ4v) is 4.15. The summed E-state index contributed by atoms with van der Waals surface area (Å²) in [6.45, 7) is 2.90. The zero-order chi connectivity index (χ0) is 13.1. The Kier molecular flexibility index (Phi) is 4.87. The Morgan fingerprint density at radius 3 is 2.06 bits per heavy atom. The van der Waals surface area contributed by atoms with Crippen LogP contribution in [0.1, 0.15) is 11.1 Å². The van der Waals surface area contributed by atoms with E-state index in [0.717, 1.165) is 25.7 Å². The minimum absolute atomic E-state index is 0.805. The van der Waals surface area contributed by atoms with Gasteiger partial charge in [0.25, 0.3) is 0 Å². The number of hydrogen-bond donors (Lipinski definition) is 1. The molecule has 4 heteroatoms. The van der Waals surface area contributed by atoms with Crippen LogP contribution < -0.4 is 5.32 Å². The molecule has 0 bridgehead atoms. The van der Waals surface area contributed by atoms with Crippen molar-refractivity contribution >= 4 is 53.5 Å². The van der Waals surface area contributed by atoms with E-state index in [1.54, 1.807) is 0 Å². The molecule has 0 aliphatic rings. The summed E-state index contributed by atoms with van der Waals surface area (Å²) >= 11 is 10.6. The summed E-state index contributed by atoms with van der Waals surface area (Å²) in [6, 6.07) is 12.6. The predicted octanol–water partition coefficient (Wildman–Crippen LogP) is 5.89. The average Bonchev–Trinajstić information content (AvgIpc) is 2.30. The molecule has 0 radical (unpaired) electrons. The molecular formula is C14H12Br3N. The molecule has 1 nitrogen and oxygen atoms in total. The van der Waals surface area contributed by atoms with E-state index >= 15 is 0 Å². The fourth-order valence-electron chi connectivity index (χ4n) is 1.61. The van der Waals surface area contributed by atoms with Crippen LogP contribution >= 0.6 is 47.8 Å². The fraction of sp³-hybridized carbons (Fsp3) is 0.143. The Bertz CT molecular complexity index is 526. The molecule has 0 spiro atoms. The molecule has 0 saturated carbocycles. The highest BCUT2D eigenvalue weighted by Crippen LogP contribution is 2.34. The summed E-state index contributed by atoms with van der Waals surface area (Å²) in [5, 5.41) is 3.43. The molecule has 0 fully saturated rings. The molecule has 1 N–H and O–H groups in total. The van der Waals surface area contributed by atoms with Crippen LogP contribution in [0.4, 0.5) is 5.69 Å². The first kappa shape index (κ1) is 14.1. The van der Waals surface area contributed by atoms with Crippen molar-refractivity contribution in [1.29, 1.82) is 0 Å². The smallest absolute Gasteiger partial charge is 0.0632 e. The first-order chi connectivity index (χ1) is 8.56. The van der Waals surface area contributed by atoms with E-state index in [9.17, 15) is 0 Å². The number of aryl methyl sites for hydroxylation is 1. The lowest BCUT2D eigenvalue weighted by atomic mass is 10.1. The zero-order valence-corrected chi connectivity index (χ0v) is 14.6. The summed E-state index contributed by atoms with van der Waals surface area (Å²) in [6.07, 6.45) is 0. The maximum absolute atomic E-state index is 3.56. The lowest BCUT2D eigenvalue weighted by Gasteiger charge is -2.11. The van der Waals surface area contributed by atoms with Gasteiger partial charge in [0, 0.05) is 20.0 Å². The van der Waals surface area contributed by atoms with Gasteiger partial charge < -0.3 is 5.32 Å². The van der Waals surface area contributed by atoms with Gasteiger partial charge in [0.1, 0.15) is 0 Å². The number of nitrogens with one attached hydrogen (secondary N) is 1. The third-order valence-corrected chi connectivity index (χ3v) is 4.31. The second kappa shape index (κ2) is 6.22. The minimum atomic E-state index is 0.805. The van der Waals surface area contributed by atoms with Gasteiger partial charge >= 0.3 is 0 Å². The number of halogens is 3. The summed E-state index contributed by atoms with van der Waals surface area (Å²) in [7, 11) is 0. The highest BCUT2D eigenvalue weighted by Gasteiger charge is 2.06. The standard InChI is InChI=1S/C14H12Br3N/c1-9-2-4-10(5-3-9)8-18-14-12(16)6-11(15)7-13(14)17/h2-7,18H,8H2,1H3. The number of benzene rings is 2. The van der Waals surface area contributed by atoms with E-state index in [0.29, 0.717) is 0 Å². The number of anilines is 1. The first-order valence-electron chi connectivity index (χ1n) is 5.50. The quantitative estimate of drug-likeness (QED) is 0.635. The molecule has 0 aliphatic heterocycles. The lowest BCUT2D eigenvalue weighted by Crippen LogP contribution is -2.01. The third kappa shape index (κ3) is 3.59. The number of hydrogen-bond acceptors (Lipinski definition) is 1. The van der Waals surface area contributed by atoms with E-state index in [1.165, 1.54) is 11.1 Å². The lowest BCUT2D eigenvalue weighted by molar-refractivity contribution is 1.14. The summed E-state index contributed by atoms with van der Waals surface area (Å²) in [4.78, 5) is 0. The summed E-state index contributed by atoms with van der Waals surface area (Å²) < 4.78 is 3.12. The Morgan fingerprint density at radius 2 is 1.50 bits per heavy atom. The molecule has 0 aromatic heterocycles. The van der Waals surface area contributed by atoms with Gasteiger partial charge in [-0.05, 0) is 56.5 Å². The molecule has 94 valence electrons. The second-order valence-corrected chi connectivity index (χ2v) is 6.71. The van der Waals surface area contributed by atoms with Gasteiger partial charge in [-0.25, -0.2) is 0 Å². The van der Waals surface area contributed by atoms with E-state index in [2.05, 4.69) is 84.3 Å². The van der Waals surface area contributed by atoms with Crippen molar-refractivity contribution in [2.45, 2.75) is 13.5 Å². The summed E-state index contributed by atoms with van der Waals surface area (Å²) in [5.74, 6) is 0. The van der Waals surface area contributed by atoms with Crippen molar-refractivity contribution in [2.75, 3.05) is 5.32 Å². The van der Waals surface area contributed by atoms with Crippen molar-refractivity contribution < 1.29 is 0 Å². The molecule has 0 atom stereocenters. The van der Waals surface area contributed by atoms with Crippen LogP contribution in [0.25, 0.3) is 0 Å². The van der Waals surface area contributed by atoms with E-state index in [4.69, 9.17) is 0 Å². The van der Waals surface area contributed by atoms with Gasteiger partial charge in [0.2, 0.25) is 0 Å². The van der Waals surface area contributed by atoms with Gasteiger partial charge in [0.05, 0.1) is 5.69 Å². The largest absolute Gasteiger partial charge is 0.379 e. The molecule has 0 aliphatic carbocycles. The highest BCUT2D eigenvalue weighted by molar-refractivity contribution is 9.11. The van der Waals surface area contributed by atoms with E-state index in [1.807, 2.05) is 12.1 Å². The van der Waals surface area contributed by atoms with Crippen LogP contribution in [0.3, 0.4) is 0 Å². The molecule has 0 unspecified atom stereocenters. The Morgan fingerprint density at radius 1 is 0.944 bits per heavy atom. The van der Waals surface area contributed by atoms with Crippen LogP contribution in [0.5, 0.6) is 0 Å². The monoisotopic (exact) mass is 431 g/mol. The van der Waals surface area contributed by atoms with Gasteiger partial charge in [0.15, 0.2) is 0 Å². The SMILES string of the molecule is Cc1ccc(CNc2c(Br)cc(Br)cc2Br)cc1. The van der Waals surface area contributed by atoms with Crippen molar-refractivity contribution in [3.8, 4) is 0 Å². The molecule has 0 amide bonds. The van der Waals surface area contributed by atoms with E-state index in [-0.39, 0.29) is 0 Å². The normalized spacial score (nSPS) is 10.4. The number of rotatable bonds is 3. The minimum Gasteiger partial charge on any atom is -0.379 e. The van der Waals surface area contributed by atoms with E-state index < -0.39 is 0 Å².